The zero-order chi connectivity index (χ0) is 23.9. The van der Waals surface area contributed by atoms with Crippen molar-refractivity contribution < 1.29 is 33.3 Å². The second-order valence-corrected chi connectivity index (χ2v) is 7.54. The number of phenolic OH excluding ortho intramolecular Hbond substituents is 1. The molecule has 1 unspecified atom stereocenters. The van der Waals surface area contributed by atoms with E-state index in [1.165, 1.54) is 25.3 Å². The van der Waals surface area contributed by atoms with E-state index in [1.54, 1.807) is 31.2 Å². The van der Waals surface area contributed by atoms with Crippen LogP contribution in [0.15, 0.2) is 66.2 Å². The molecule has 2 N–H and O–H groups in total. The molecule has 1 saturated heterocycles. The SMILES string of the molecule is COc1ccc(/C(O)=C2\C(=O)C(=O)N(c3ccc(F)c(F)c3)C2c2cccc(O)c2)c(C)c1. The monoisotopic (exact) mass is 451 g/mol. The highest BCUT2D eigenvalue weighted by molar-refractivity contribution is 6.51. The Morgan fingerprint density at radius 3 is 2.39 bits per heavy atom. The van der Waals surface area contributed by atoms with Gasteiger partial charge in [-0.1, -0.05) is 12.1 Å². The van der Waals surface area contributed by atoms with Gasteiger partial charge in [0.05, 0.1) is 18.7 Å². The number of carbonyl (C=O) groups is 2. The Morgan fingerprint density at radius 2 is 1.76 bits per heavy atom. The number of methoxy groups -OCH3 is 1. The molecule has 0 spiro atoms. The lowest BCUT2D eigenvalue weighted by Gasteiger charge is -2.25. The Balaban J connectivity index is 1.97. The van der Waals surface area contributed by atoms with Gasteiger partial charge in [0.1, 0.15) is 17.3 Å². The number of rotatable bonds is 4. The molecule has 0 saturated carbocycles. The lowest BCUT2D eigenvalue weighted by Crippen LogP contribution is -2.29. The average molecular weight is 451 g/mol. The highest BCUT2D eigenvalue weighted by atomic mass is 19.2. The molecule has 33 heavy (non-hydrogen) atoms. The summed E-state index contributed by atoms with van der Waals surface area (Å²) in [7, 11) is 1.49. The first kappa shape index (κ1) is 22.0. The molecule has 168 valence electrons. The Labute approximate surface area is 188 Å². The van der Waals surface area contributed by atoms with E-state index in [2.05, 4.69) is 0 Å². The smallest absolute Gasteiger partial charge is 0.300 e. The second kappa shape index (κ2) is 8.38. The summed E-state index contributed by atoms with van der Waals surface area (Å²) in [5, 5.41) is 21.2. The summed E-state index contributed by atoms with van der Waals surface area (Å²) in [4.78, 5) is 27.1. The maximum atomic E-state index is 14.0. The highest BCUT2D eigenvalue weighted by Crippen LogP contribution is 2.43. The van der Waals surface area contributed by atoms with Crippen molar-refractivity contribution in [1.29, 1.82) is 0 Å². The van der Waals surface area contributed by atoms with Crippen molar-refractivity contribution in [2.24, 2.45) is 0 Å². The van der Waals surface area contributed by atoms with Crippen LogP contribution in [-0.4, -0.2) is 29.0 Å². The van der Waals surface area contributed by atoms with E-state index in [9.17, 15) is 28.6 Å². The molecular formula is C25H19F2NO5. The van der Waals surface area contributed by atoms with Gasteiger partial charge < -0.3 is 14.9 Å². The third kappa shape index (κ3) is 3.80. The molecule has 1 amide bonds. The number of Topliss-reactive ketones (excluding diaryl/α,β-unsaturated/α-hetero) is 1. The minimum Gasteiger partial charge on any atom is -0.508 e. The Hall–Kier alpha value is -4.20. The predicted octanol–water partition coefficient (Wildman–Crippen LogP) is 4.61. The number of amides is 1. The van der Waals surface area contributed by atoms with Gasteiger partial charge in [-0.25, -0.2) is 8.78 Å². The number of nitrogens with zero attached hydrogens (tertiary/aromatic N) is 1. The number of hydrogen-bond acceptors (Lipinski definition) is 5. The first-order valence-electron chi connectivity index (χ1n) is 9.93. The lowest BCUT2D eigenvalue weighted by molar-refractivity contribution is -0.132. The number of aliphatic hydroxyl groups is 1. The molecular weight excluding hydrogens is 432 g/mol. The van der Waals surface area contributed by atoms with Gasteiger partial charge in [-0.2, -0.15) is 0 Å². The van der Waals surface area contributed by atoms with Crippen molar-refractivity contribution >= 4 is 23.1 Å². The third-order valence-electron chi connectivity index (χ3n) is 5.50. The number of aryl methyl sites for hydroxylation is 1. The van der Waals surface area contributed by atoms with Crippen molar-refractivity contribution in [3.8, 4) is 11.5 Å². The van der Waals surface area contributed by atoms with Crippen LogP contribution < -0.4 is 9.64 Å². The van der Waals surface area contributed by atoms with Gasteiger partial charge in [-0.05, 0) is 60.5 Å². The van der Waals surface area contributed by atoms with Gasteiger partial charge in [0.15, 0.2) is 11.6 Å². The number of halogens is 2. The first-order valence-corrected chi connectivity index (χ1v) is 9.93. The number of anilines is 1. The number of aromatic hydroxyl groups is 1. The molecule has 1 fully saturated rings. The molecule has 8 heteroatoms. The zero-order valence-electron chi connectivity index (χ0n) is 17.7. The number of aliphatic hydroxyl groups excluding tert-OH is 1. The third-order valence-corrected chi connectivity index (χ3v) is 5.50. The fourth-order valence-corrected chi connectivity index (χ4v) is 3.92. The largest absolute Gasteiger partial charge is 0.508 e. The predicted molar refractivity (Wildman–Crippen MR) is 117 cm³/mol. The molecule has 0 aromatic heterocycles. The van der Waals surface area contributed by atoms with Crippen LogP contribution >= 0.6 is 0 Å². The van der Waals surface area contributed by atoms with Crippen LogP contribution in [0.3, 0.4) is 0 Å². The molecule has 0 aliphatic carbocycles. The van der Waals surface area contributed by atoms with Crippen molar-refractivity contribution in [2.45, 2.75) is 13.0 Å². The van der Waals surface area contributed by atoms with E-state index in [0.29, 0.717) is 22.4 Å². The summed E-state index contributed by atoms with van der Waals surface area (Å²) in [5.41, 5.74) is 0.856. The van der Waals surface area contributed by atoms with Crippen LogP contribution in [0.4, 0.5) is 14.5 Å². The Kier molecular flexibility index (Phi) is 5.59. The van der Waals surface area contributed by atoms with Crippen molar-refractivity contribution in [3.63, 3.8) is 0 Å². The number of ether oxygens (including phenoxy) is 1. The maximum absolute atomic E-state index is 14.0. The molecule has 0 radical (unpaired) electrons. The summed E-state index contributed by atoms with van der Waals surface area (Å²) in [6.45, 7) is 1.70. The molecule has 1 aliphatic heterocycles. The van der Waals surface area contributed by atoms with E-state index in [0.717, 1.165) is 23.1 Å². The van der Waals surface area contributed by atoms with Crippen LogP contribution in [0.2, 0.25) is 0 Å². The van der Waals surface area contributed by atoms with Crippen LogP contribution in [-0.2, 0) is 9.59 Å². The van der Waals surface area contributed by atoms with Crippen molar-refractivity contribution in [3.05, 3.63) is 94.6 Å². The highest BCUT2D eigenvalue weighted by Gasteiger charge is 2.47. The van der Waals surface area contributed by atoms with E-state index in [-0.39, 0.29) is 17.0 Å². The Bertz CT molecular complexity index is 1320. The molecule has 0 bridgehead atoms. The van der Waals surface area contributed by atoms with Gasteiger partial charge in [0, 0.05) is 17.3 Å². The number of phenols is 1. The average Bonchev–Trinajstić information content (AvgIpc) is 3.06. The fraction of sp³-hybridized carbons (Fsp3) is 0.120. The normalized spacial score (nSPS) is 17.5. The van der Waals surface area contributed by atoms with E-state index < -0.39 is 35.1 Å². The van der Waals surface area contributed by atoms with Gasteiger partial charge in [0.25, 0.3) is 11.7 Å². The van der Waals surface area contributed by atoms with Gasteiger partial charge >= 0.3 is 0 Å². The van der Waals surface area contributed by atoms with Crippen LogP contribution in [0, 0.1) is 18.6 Å². The maximum Gasteiger partial charge on any atom is 0.300 e. The minimum atomic E-state index is -1.20. The molecule has 3 aromatic carbocycles. The number of carbonyl (C=O) groups excluding carboxylic acids is 2. The second-order valence-electron chi connectivity index (χ2n) is 7.54. The van der Waals surface area contributed by atoms with Crippen molar-refractivity contribution in [2.75, 3.05) is 12.0 Å². The van der Waals surface area contributed by atoms with E-state index in [1.807, 2.05) is 0 Å². The standard InChI is InChI=1S/C25H19F2NO5/c1-13-10-17(33-2)7-8-18(13)23(30)21-22(14-4-3-5-16(29)11-14)28(25(32)24(21)31)15-6-9-19(26)20(27)12-15/h3-12,22,29-30H,1-2H3/b23-21+. The van der Waals surface area contributed by atoms with Gasteiger partial charge in [-0.3, -0.25) is 14.5 Å². The fourth-order valence-electron chi connectivity index (χ4n) is 3.92. The summed E-state index contributed by atoms with van der Waals surface area (Å²) >= 11 is 0. The topological polar surface area (TPSA) is 87.1 Å². The van der Waals surface area contributed by atoms with Crippen LogP contribution in [0.1, 0.15) is 22.7 Å². The number of hydrogen-bond donors (Lipinski definition) is 2. The molecule has 1 aliphatic rings. The number of ketones is 1. The van der Waals surface area contributed by atoms with E-state index in [4.69, 9.17) is 4.74 Å². The lowest BCUT2D eigenvalue weighted by atomic mass is 9.93. The number of benzene rings is 3. The molecule has 1 heterocycles. The zero-order valence-corrected chi connectivity index (χ0v) is 17.7. The van der Waals surface area contributed by atoms with Crippen LogP contribution in [0.5, 0.6) is 11.5 Å². The summed E-state index contributed by atoms with van der Waals surface area (Å²) in [6, 6.07) is 12.2. The van der Waals surface area contributed by atoms with E-state index >= 15 is 0 Å². The summed E-state index contributed by atoms with van der Waals surface area (Å²) < 4.78 is 32.7. The summed E-state index contributed by atoms with van der Waals surface area (Å²) in [5.74, 6) is -4.37. The molecule has 6 nitrogen and oxygen atoms in total. The first-order chi connectivity index (χ1) is 15.7. The minimum absolute atomic E-state index is 0.0742. The van der Waals surface area contributed by atoms with Crippen LogP contribution in [0.25, 0.3) is 5.76 Å². The van der Waals surface area contributed by atoms with Gasteiger partial charge in [0.2, 0.25) is 0 Å². The van der Waals surface area contributed by atoms with Crippen molar-refractivity contribution in [1.82, 2.24) is 0 Å². The Morgan fingerprint density at radius 1 is 1.00 bits per heavy atom. The van der Waals surface area contributed by atoms with Gasteiger partial charge in [-0.15, -0.1) is 0 Å². The molecule has 1 atom stereocenters. The molecule has 3 aromatic rings. The molecule has 4 rings (SSSR count). The summed E-state index contributed by atoms with van der Waals surface area (Å²) in [6.07, 6.45) is 0. The quantitative estimate of drug-likeness (QED) is 0.344.